The molecule has 218 valence electrons. The number of nitrogens with one attached hydrogen (secondary N) is 1. The number of piperidine rings is 1. The number of amides is 1. The van der Waals surface area contributed by atoms with E-state index >= 15 is 0 Å². The molecular weight excluding hydrogens is 585 g/mol. The molecule has 1 saturated heterocycles. The van der Waals surface area contributed by atoms with Gasteiger partial charge in [-0.3, -0.25) is 14.6 Å². The number of hydrogen-bond donors (Lipinski definition) is 1. The summed E-state index contributed by atoms with van der Waals surface area (Å²) in [5, 5.41) is 1.10. The maximum absolute atomic E-state index is 14.5. The average molecular weight is 619 g/mol. The van der Waals surface area contributed by atoms with E-state index < -0.39 is 33.5 Å². The molecule has 2 aromatic carbocycles. The van der Waals surface area contributed by atoms with Gasteiger partial charge in [0.15, 0.2) is 0 Å². The van der Waals surface area contributed by atoms with Crippen molar-refractivity contribution in [2.75, 3.05) is 13.7 Å². The summed E-state index contributed by atoms with van der Waals surface area (Å²) in [6, 6.07) is 16.7. The number of sulfonamides is 1. The summed E-state index contributed by atoms with van der Waals surface area (Å²) < 4.78 is 33.8. The van der Waals surface area contributed by atoms with Gasteiger partial charge in [0.1, 0.15) is 4.90 Å². The Bertz CT molecular complexity index is 1490. The van der Waals surface area contributed by atoms with Crippen molar-refractivity contribution in [1.82, 2.24) is 14.6 Å². The van der Waals surface area contributed by atoms with Gasteiger partial charge in [-0.25, -0.2) is 13.1 Å². The number of rotatable bonds is 10. The van der Waals surface area contributed by atoms with Crippen LogP contribution in [0.4, 0.5) is 0 Å². The topological polar surface area (TPSA) is 106 Å². The van der Waals surface area contributed by atoms with Crippen molar-refractivity contribution in [3.63, 3.8) is 0 Å². The van der Waals surface area contributed by atoms with Gasteiger partial charge in [0.2, 0.25) is 15.9 Å². The molecule has 1 fully saturated rings. The maximum Gasteiger partial charge on any atom is 0.306 e. The Morgan fingerprint density at radius 3 is 2.46 bits per heavy atom. The van der Waals surface area contributed by atoms with Gasteiger partial charge >= 0.3 is 5.97 Å². The molecular formula is C30H33Cl2N3O5S. The Morgan fingerprint density at radius 2 is 1.85 bits per heavy atom. The van der Waals surface area contributed by atoms with Crippen molar-refractivity contribution in [2.24, 2.45) is 5.41 Å². The molecule has 1 aliphatic rings. The zero-order valence-corrected chi connectivity index (χ0v) is 25.4. The maximum atomic E-state index is 14.5. The third-order valence-corrected chi connectivity index (χ3v) is 9.57. The van der Waals surface area contributed by atoms with Crippen LogP contribution in [0.2, 0.25) is 10.0 Å². The van der Waals surface area contributed by atoms with E-state index in [9.17, 15) is 18.0 Å². The first-order chi connectivity index (χ1) is 19.5. The van der Waals surface area contributed by atoms with Crippen LogP contribution in [0.5, 0.6) is 0 Å². The van der Waals surface area contributed by atoms with Crippen molar-refractivity contribution in [3.05, 3.63) is 94.2 Å². The Balaban J connectivity index is 1.83. The Morgan fingerprint density at radius 1 is 1.12 bits per heavy atom. The van der Waals surface area contributed by atoms with Gasteiger partial charge in [-0.05, 0) is 60.4 Å². The van der Waals surface area contributed by atoms with E-state index in [1.807, 2.05) is 37.3 Å². The molecule has 1 aromatic heterocycles. The zero-order chi connectivity index (χ0) is 29.8. The third kappa shape index (κ3) is 6.92. The molecule has 0 radical (unpaired) electrons. The number of esters is 1. The molecule has 1 amide bonds. The molecule has 41 heavy (non-hydrogen) atoms. The number of likely N-dealkylation sites (tertiary alicyclic amines) is 1. The summed E-state index contributed by atoms with van der Waals surface area (Å²) in [6.07, 6.45) is 3.44. The summed E-state index contributed by atoms with van der Waals surface area (Å²) in [7, 11) is -2.60. The Kier molecular flexibility index (Phi) is 9.74. The van der Waals surface area contributed by atoms with Crippen LogP contribution in [0.25, 0.3) is 0 Å². The average Bonchev–Trinajstić information content (AvgIpc) is 2.96. The summed E-state index contributed by atoms with van der Waals surface area (Å²) in [4.78, 5) is 32.7. The highest BCUT2D eigenvalue weighted by atomic mass is 35.5. The lowest BCUT2D eigenvalue weighted by Crippen LogP contribution is -2.58. The number of benzene rings is 2. The summed E-state index contributed by atoms with van der Waals surface area (Å²) >= 11 is 12.6. The first kappa shape index (κ1) is 31.0. The second-order valence-corrected chi connectivity index (χ2v) is 13.1. The minimum atomic E-state index is -3.89. The fourth-order valence-electron chi connectivity index (χ4n) is 5.57. The quantitative estimate of drug-likeness (QED) is 0.289. The second kappa shape index (κ2) is 12.9. The normalized spacial score (nSPS) is 21.9. The van der Waals surface area contributed by atoms with Gasteiger partial charge in [-0.15, -0.1) is 0 Å². The summed E-state index contributed by atoms with van der Waals surface area (Å²) in [5.74, 6) is -1.03. The number of ether oxygens (including phenoxy) is 1. The van der Waals surface area contributed by atoms with E-state index in [0.717, 1.165) is 11.1 Å². The molecule has 4 atom stereocenters. The molecule has 4 rings (SSSR count). The number of hydrogen-bond acceptors (Lipinski definition) is 6. The third-order valence-electron chi connectivity index (χ3n) is 7.67. The molecule has 8 nitrogen and oxygen atoms in total. The lowest BCUT2D eigenvalue weighted by Gasteiger charge is -2.52. The predicted octanol–water partition coefficient (Wildman–Crippen LogP) is 5.77. The molecule has 1 aliphatic heterocycles. The Labute approximate surface area is 251 Å². The van der Waals surface area contributed by atoms with Crippen LogP contribution in [0, 0.1) is 5.41 Å². The van der Waals surface area contributed by atoms with E-state index in [1.165, 1.54) is 25.6 Å². The van der Waals surface area contributed by atoms with Gasteiger partial charge in [-0.1, -0.05) is 61.3 Å². The minimum absolute atomic E-state index is 0.0291. The van der Waals surface area contributed by atoms with Crippen LogP contribution in [0.15, 0.2) is 78.0 Å². The first-order valence-electron chi connectivity index (χ1n) is 13.3. The molecule has 0 bridgehead atoms. The number of halogens is 2. The van der Waals surface area contributed by atoms with Crippen molar-refractivity contribution in [3.8, 4) is 0 Å². The molecule has 3 aromatic rings. The van der Waals surface area contributed by atoms with Crippen molar-refractivity contribution in [2.45, 2.75) is 56.0 Å². The Hall–Kier alpha value is -2.98. The van der Waals surface area contributed by atoms with Crippen molar-refractivity contribution >= 4 is 45.1 Å². The second-order valence-electron chi connectivity index (χ2n) is 10.5. The molecule has 2 heterocycles. The number of aromatic nitrogens is 1. The monoisotopic (exact) mass is 617 g/mol. The first-order valence-corrected chi connectivity index (χ1v) is 15.5. The number of nitrogens with zero attached hydrogens (tertiary/aromatic N) is 2. The van der Waals surface area contributed by atoms with E-state index in [0.29, 0.717) is 22.9 Å². The van der Waals surface area contributed by atoms with Gasteiger partial charge in [-0.2, -0.15) is 0 Å². The van der Waals surface area contributed by atoms with E-state index in [4.69, 9.17) is 27.9 Å². The lowest BCUT2D eigenvalue weighted by molar-refractivity contribution is -0.161. The highest BCUT2D eigenvalue weighted by Crippen LogP contribution is 2.52. The molecule has 0 saturated carbocycles. The van der Waals surface area contributed by atoms with Crippen LogP contribution in [-0.4, -0.2) is 49.9 Å². The van der Waals surface area contributed by atoms with Gasteiger partial charge in [0, 0.05) is 40.9 Å². The van der Waals surface area contributed by atoms with Crippen LogP contribution in [0.1, 0.15) is 56.2 Å². The molecule has 11 heteroatoms. The fourth-order valence-corrected chi connectivity index (χ4v) is 6.93. The summed E-state index contributed by atoms with van der Waals surface area (Å²) in [6.45, 7) is 3.62. The van der Waals surface area contributed by atoms with Gasteiger partial charge < -0.3 is 9.64 Å². The van der Waals surface area contributed by atoms with Gasteiger partial charge in [0.25, 0.3) is 0 Å². The highest BCUT2D eigenvalue weighted by molar-refractivity contribution is 7.89. The number of pyridine rings is 1. The SMILES string of the molecule is CCC(CNS(=O)(=O)c1cccnc1)N1C(=O)C(C)(CC(=O)OC)CC(c2cccc(Cl)c2)C1c1ccc(Cl)cc1. The highest BCUT2D eigenvalue weighted by Gasteiger charge is 2.52. The summed E-state index contributed by atoms with van der Waals surface area (Å²) in [5.41, 5.74) is 0.622. The number of carbonyl (C=O) groups excluding carboxylic acids is 2. The smallest absolute Gasteiger partial charge is 0.306 e. The largest absolute Gasteiger partial charge is 0.469 e. The van der Waals surface area contributed by atoms with E-state index in [1.54, 1.807) is 36.1 Å². The van der Waals surface area contributed by atoms with E-state index in [2.05, 4.69) is 9.71 Å². The predicted molar refractivity (Wildman–Crippen MR) is 158 cm³/mol. The molecule has 0 spiro atoms. The fraction of sp³-hybridized carbons (Fsp3) is 0.367. The van der Waals surface area contributed by atoms with Crippen LogP contribution in [-0.2, 0) is 24.3 Å². The number of carbonyl (C=O) groups is 2. The van der Waals surface area contributed by atoms with Crippen LogP contribution in [0.3, 0.4) is 0 Å². The molecule has 0 aliphatic carbocycles. The zero-order valence-electron chi connectivity index (χ0n) is 23.1. The van der Waals surface area contributed by atoms with Crippen molar-refractivity contribution in [1.29, 1.82) is 0 Å². The van der Waals surface area contributed by atoms with Gasteiger partial charge in [0.05, 0.1) is 25.0 Å². The van der Waals surface area contributed by atoms with Crippen LogP contribution >= 0.6 is 23.2 Å². The van der Waals surface area contributed by atoms with Crippen molar-refractivity contribution < 1.29 is 22.7 Å². The minimum Gasteiger partial charge on any atom is -0.469 e. The standard InChI is InChI=1S/C30H33Cl2N3O5S/c1-4-24(18-34-41(38,39)25-9-6-14-33-19-25)35-28(20-10-12-22(31)13-11-20)26(21-7-5-8-23(32)15-21)16-30(2,29(35)37)17-27(36)40-3/h5-15,19,24,26,28,34H,4,16-18H2,1-3H3. The number of methoxy groups -OCH3 is 1. The molecule has 4 unspecified atom stereocenters. The van der Waals surface area contributed by atoms with E-state index in [-0.39, 0.29) is 29.7 Å². The molecule has 1 N–H and O–H groups in total. The lowest BCUT2D eigenvalue weighted by atomic mass is 9.67. The van der Waals surface area contributed by atoms with Crippen LogP contribution < -0.4 is 4.72 Å².